The van der Waals surface area contributed by atoms with E-state index < -0.39 is 23.9 Å². The van der Waals surface area contributed by atoms with Gasteiger partial charge in [-0.15, -0.1) is 0 Å². The minimum absolute atomic E-state index is 0.239. The number of hydrogen-bond donors (Lipinski definition) is 0. The first kappa shape index (κ1) is 24.4. The van der Waals surface area contributed by atoms with E-state index in [1.54, 1.807) is 38.1 Å². The number of ether oxygens (including phenoxy) is 4. The van der Waals surface area contributed by atoms with Crippen LogP contribution in [0.4, 0.5) is 0 Å². The van der Waals surface area contributed by atoms with Gasteiger partial charge in [0, 0.05) is 0 Å². The highest BCUT2D eigenvalue weighted by atomic mass is 16.5. The highest BCUT2D eigenvalue weighted by molar-refractivity contribution is 6.03. The summed E-state index contributed by atoms with van der Waals surface area (Å²) in [6.45, 7) is 3.97. The Balaban J connectivity index is 0.000000303. The topological polar surface area (TPSA) is 105 Å². The molecule has 0 aliphatic carbocycles. The van der Waals surface area contributed by atoms with Crippen molar-refractivity contribution in [2.75, 3.05) is 27.4 Å². The second-order valence-corrected chi connectivity index (χ2v) is 5.55. The molecule has 2 aromatic rings. The fourth-order valence-electron chi connectivity index (χ4n) is 2.23. The largest absolute Gasteiger partial charge is 0.465 e. The summed E-state index contributed by atoms with van der Waals surface area (Å²) >= 11 is 0. The summed E-state index contributed by atoms with van der Waals surface area (Å²) in [7, 11) is 2.60. The van der Waals surface area contributed by atoms with Crippen molar-refractivity contribution in [1.82, 2.24) is 0 Å². The van der Waals surface area contributed by atoms with Gasteiger partial charge < -0.3 is 18.9 Å². The third kappa shape index (κ3) is 7.05. The Morgan fingerprint density at radius 1 is 0.600 bits per heavy atom. The Morgan fingerprint density at radius 2 is 0.933 bits per heavy atom. The Bertz CT molecular complexity index is 799. The molecule has 0 N–H and O–H groups in total. The summed E-state index contributed by atoms with van der Waals surface area (Å²) in [5.74, 6) is -1.87. The lowest BCUT2D eigenvalue weighted by molar-refractivity contribution is 0.0479. The third-order valence-electron chi connectivity index (χ3n) is 3.64. The summed E-state index contributed by atoms with van der Waals surface area (Å²) in [5, 5.41) is 0. The fraction of sp³-hybridized carbons (Fsp3) is 0.273. The van der Waals surface area contributed by atoms with Crippen LogP contribution in [0.5, 0.6) is 0 Å². The highest BCUT2D eigenvalue weighted by Gasteiger charge is 2.17. The number of rotatable bonds is 6. The van der Waals surface area contributed by atoms with Crippen molar-refractivity contribution in [3.63, 3.8) is 0 Å². The SMILES string of the molecule is CCOC(=O)c1ccccc1C(=O)OCC.COC(=O)c1ccc(C(=O)OC)cc1. The van der Waals surface area contributed by atoms with E-state index in [1.165, 1.54) is 38.5 Å². The van der Waals surface area contributed by atoms with Crippen molar-refractivity contribution in [3.05, 3.63) is 70.8 Å². The molecule has 8 heteroatoms. The number of methoxy groups -OCH3 is 2. The van der Waals surface area contributed by atoms with E-state index in [2.05, 4.69) is 9.47 Å². The van der Waals surface area contributed by atoms with Crippen LogP contribution in [0.1, 0.15) is 55.3 Å². The quantitative estimate of drug-likeness (QED) is 0.522. The van der Waals surface area contributed by atoms with Gasteiger partial charge in [0.15, 0.2) is 0 Å². The molecule has 2 aromatic carbocycles. The standard InChI is InChI=1S/C12H14O4.C10H10O4/c1-3-15-11(13)9-7-5-6-8-10(9)12(14)16-4-2;1-13-9(11)7-3-5-8(6-4-7)10(12)14-2/h5-8H,3-4H2,1-2H3;3-6H,1-2H3. The van der Waals surface area contributed by atoms with Crippen molar-refractivity contribution < 1.29 is 38.1 Å². The lowest BCUT2D eigenvalue weighted by Gasteiger charge is -2.07. The van der Waals surface area contributed by atoms with Gasteiger partial charge in [0.2, 0.25) is 0 Å². The summed E-state index contributed by atoms with van der Waals surface area (Å²) in [4.78, 5) is 45.1. The summed E-state index contributed by atoms with van der Waals surface area (Å²) < 4.78 is 18.7. The second-order valence-electron chi connectivity index (χ2n) is 5.55. The average Bonchev–Trinajstić information content (AvgIpc) is 2.78. The molecule has 0 amide bonds. The summed E-state index contributed by atoms with van der Waals surface area (Å²) in [6, 6.07) is 12.5. The van der Waals surface area contributed by atoms with E-state index in [0.29, 0.717) is 11.1 Å². The number of hydrogen-bond acceptors (Lipinski definition) is 8. The van der Waals surface area contributed by atoms with Gasteiger partial charge >= 0.3 is 23.9 Å². The van der Waals surface area contributed by atoms with Crippen LogP contribution in [0, 0.1) is 0 Å². The molecule has 8 nitrogen and oxygen atoms in total. The molecule has 0 saturated carbocycles. The molecule has 0 fully saturated rings. The molecule has 0 radical (unpaired) electrons. The molecule has 2 rings (SSSR count). The van der Waals surface area contributed by atoms with Gasteiger partial charge in [0.1, 0.15) is 0 Å². The van der Waals surface area contributed by atoms with Crippen LogP contribution in [-0.4, -0.2) is 51.3 Å². The molecule has 0 aromatic heterocycles. The van der Waals surface area contributed by atoms with E-state index in [-0.39, 0.29) is 24.3 Å². The maximum absolute atomic E-state index is 11.5. The molecule has 0 aliphatic rings. The Kier molecular flexibility index (Phi) is 10.3. The van der Waals surface area contributed by atoms with Crippen LogP contribution in [0.25, 0.3) is 0 Å². The van der Waals surface area contributed by atoms with Crippen LogP contribution < -0.4 is 0 Å². The van der Waals surface area contributed by atoms with Gasteiger partial charge in [0.05, 0.1) is 49.7 Å². The van der Waals surface area contributed by atoms with Gasteiger partial charge in [0.25, 0.3) is 0 Å². The van der Waals surface area contributed by atoms with E-state index in [4.69, 9.17) is 9.47 Å². The van der Waals surface area contributed by atoms with E-state index in [0.717, 1.165) is 0 Å². The molecule has 0 atom stereocenters. The maximum Gasteiger partial charge on any atom is 0.338 e. The van der Waals surface area contributed by atoms with Gasteiger partial charge in [-0.2, -0.15) is 0 Å². The van der Waals surface area contributed by atoms with Crippen molar-refractivity contribution in [1.29, 1.82) is 0 Å². The number of benzene rings is 2. The lowest BCUT2D eigenvalue weighted by Crippen LogP contribution is -2.13. The Labute approximate surface area is 174 Å². The maximum atomic E-state index is 11.5. The van der Waals surface area contributed by atoms with E-state index in [9.17, 15) is 19.2 Å². The van der Waals surface area contributed by atoms with Crippen LogP contribution in [0.3, 0.4) is 0 Å². The minimum Gasteiger partial charge on any atom is -0.465 e. The average molecular weight is 416 g/mol. The second kappa shape index (κ2) is 12.7. The first-order valence-corrected chi connectivity index (χ1v) is 9.09. The summed E-state index contributed by atoms with van der Waals surface area (Å²) in [6.07, 6.45) is 0. The molecule has 0 unspecified atom stereocenters. The van der Waals surface area contributed by atoms with Gasteiger partial charge in [-0.3, -0.25) is 0 Å². The van der Waals surface area contributed by atoms with Crippen molar-refractivity contribution in [3.8, 4) is 0 Å². The predicted molar refractivity (Wildman–Crippen MR) is 107 cm³/mol. The monoisotopic (exact) mass is 416 g/mol. The third-order valence-corrected chi connectivity index (χ3v) is 3.64. The van der Waals surface area contributed by atoms with E-state index in [1.807, 2.05) is 0 Å². The number of esters is 4. The fourth-order valence-corrected chi connectivity index (χ4v) is 2.23. The number of carbonyl (C=O) groups is 4. The zero-order chi connectivity index (χ0) is 22.5. The van der Waals surface area contributed by atoms with Crippen molar-refractivity contribution in [2.24, 2.45) is 0 Å². The van der Waals surface area contributed by atoms with Gasteiger partial charge in [-0.1, -0.05) is 12.1 Å². The molecule has 0 heterocycles. The molecular formula is C22H24O8. The predicted octanol–water partition coefficient (Wildman–Crippen LogP) is 3.30. The van der Waals surface area contributed by atoms with E-state index >= 15 is 0 Å². The molecule has 0 bridgehead atoms. The molecule has 0 spiro atoms. The Morgan fingerprint density at radius 3 is 1.20 bits per heavy atom. The molecule has 30 heavy (non-hydrogen) atoms. The Hall–Kier alpha value is -3.68. The minimum atomic E-state index is -0.508. The number of carbonyl (C=O) groups excluding carboxylic acids is 4. The smallest absolute Gasteiger partial charge is 0.338 e. The molecule has 0 aliphatic heterocycles. The first-order valence-electron chi connectivity index (χ1n) is 9.09. The van der Waals surface area contributed by atoms with Crippen LogP contribution in [0.2, 0.25) is 0 Å². The van der Waals surface area contributed by atoms with Gasteiger partial charge in [-0.25, -0.2) is 19.2 Å². The van der Waals surface area contributed by atoms with Gasteiger partial charge in [-0.05, 0) is 50.2 Å². The molecule has 0 saturated heterocycles. The van der Waals surface area contributed by atoms with Crippen molar-refractivity contribution >= 4 is 23.9 Å². The first-order chi connectivity index (χ1) is 14.4. The normalized spacial score (nSPS) is 9.47. The van der Waals surface area contributed by atoms with Crippen LogP contribution >= 0.6 is 0 Å². The molecular weight excluding hydrogens is 392 g/mol. The summed E-state index contributed by atoms with van der Waals surface area (Å²) in [5.41, 5.74) is 1.28. The lowest BCUT2D eigenvalue weighted by atomic mass is 10.1. The highest BCUT2D eigenvalue weighted by Crippen LogP contribution is 2.12. The zero-order valence-corrected chi connectivity index (χ0v) is 17.3. The van der Waals surface area contributed by atoms with Crippen LogP contribution in [-0.2, 0) is 18.9 Å². The molecule has 160 valence electrons. The van der Waals surface area contributed by atoms with Crippen LogP contribution in [0.15, 0.2) is 48.5 Å². The zero-order valence-electron chi connectivity index (χ0n) is 17.3. The van der Waals surface area contributed by atoms with Crippen molar-refractivity contribution in [2.45, 2.75) is 13.8 Å².